The van der Waals surface area contributed by atoms with Gasteiger partial charge in [-0.15, -0.1) is 0 Å². The van der Waals surface area contributed by atoms with Crippen molar-refractivity contribution in [3.8, 4) is 5.75 Å². The van der Waals surface area contributed by atoms with Gasteiger partial charge in [0, 0.05) is 28.7 Å². The fourth-order valence-electron chi connectivity index (χ4n) is 2.01. The number of hydrogen-bond donors (Lipinski definition) is 1. The summed E-state index contributed by atoms with van der Waals surface area (Å²) in [4.78, 5) is 0. The van der Waals surface area contributed by atoms with Gasteiger partial charge in [0.2, 0.25) is 0 Å². The Morgan fingerprint density at radius 3 is 2.95 bits per heavy atom. The second-order valence-electron chi connectivity index (χ2n) is 4.85. The van der Waals surface area contributed by atoms with Crippen molar-refractivity contribution in [1.82, 2.24) is 5.32 Å². The molecule has 3 nitrogen and oxygen atoms in total. The highest BCUT2D eigenvalue weighted by Gasteiger charge is 2.29. The van der Waals surface area contributed by atoms with Crippen molar-refractivity contribution in [2.45, 2.75) is 32.0 Å². The van der Waals surface area contributed by atoms with Gasteiger partial charge in [-0.25, -0.2) is 0 Å². The lowest BCUT2D eigenvalue weighted by molar-refractivity contribution is -0.0505. The van der Waals surface area contributed by atoms with Crippen molar-refractivity contribution in [3.05, 3.63) is 28.2 Å². The van der Waals surface area contributed by atoms with Gasteiger partial charge in [0.05, 0.1) is 6.61 Å². The zero-order valence-corrected chi connectivity index (χ0v) is 12.2. The molecule has 1 N–H and O–H groups in total. The van der Waals surface area contributed by atoms with E-state index in [1.54, 1.807) is 18.2 Å². The minimum Gasteiger partial charge on any atom is -0.434 e. The topological polar surface area (TPSA) is 30.5 Å². The number of ether oxygens (including phenoxy) is 2. The molecule has 1 aliphatic heterocycles. The maximum absolute atomic E-state index is 12.3. The van der Waals surface area contributed by atoms with Crippen molar-refractivity contribution in [2.75, 3.05) is 13.2 Å². The van der Waals surface area contributed by atoms with E-state index in [0.29, 0.717) is 18.7 Å². The van der Waals surface area contributed by atoms with Crippen molar-refractivity contribution < 1.29 is 18.3 Å². The van der Waals surface area contributed by atoms with E-state index in [-0.39, 0.29) is 11.3 Å². The van der Waals surface area contributed by atoms with Gasteiger partial charge in [-0.1, -0.05) is 15.9 Å². The molecule has 1 atom stereocenters. The van der Waals surface area contributed by atoms with Crippen LogP contribution in [-0.2, 0) is 11.3 Å². The summed E-state index contributed by atoms with van der Waals surface area (Å²) in [7, 11) is 0. The number of benzene rings is 1. The predicted octanol–water partition coefficient (Wildman–Crippen LogP) is 3.32. The molecule has 1 aromatic rings. The maximum Gasteiger partial charge on any atom is 0.387 e. The number of halogens is 3. The largest absolute Gasteiger partial charge is 0.434 e. The Morgan fingerprint density at radius 1 is 1.53 bits per heavy atom. The molecule has 6 heteroatoms. The molecule has 1 unspecified atom stereocenters. The predicted molar refractivity (Wildman–Crippen MR) is 71.5 cm³/mol. The maximum atomic E-state index is 12.3. The first-order chi connectivity index (χ1) is 8.98. The molecule has 0 aliphatic carbocycles. The van der Waals surface area contributed by atoms with Crippen LogP contribution in [0.5, 0.6) is 5.75 Å². The molecule has 0 bridgehead atoms. The van der Waals surface area contributed by atoms with E-state index in [4.69, 9.17) is 4.74 Å². The van der Waals surface area contributed by atoms with Crippen molar-refractivity contribution in [2.24, 2.45) is 0 Å². The highest BCUT2D eigenvalue weighted by Crippen LogP contribution is 2.26. The Morgan fingerprint density at radius 2 is 2.32 bits per heavy atom. The highest BCUT2D eigenvalue weighted by atomic mass is 79.9. The third-order valence-electron chi connectivity index (χ3n) is 3.16. The Labute approximate surface area is 119 Å². The third kappa shape index (κ3) is 4.12. The molecule has 1 fully saturated rings. The number of alkyl halides is 2. The zero-order chi connectivity index (χ0) is 13.9. The van der Waals surface area contributed by atoms with Crippen LogP contribution < -0.4 is 10.1 Å². The lowest BCUT2D eigenvalue weighted by Crippen LogP contribution is -2.42. The van der Waals surface area contributed by atoms with E-state index in [1.165, 1.54) is 0 Å². The third-order valence-corrected chi connectivity index (χ3v) is 3.66. The summed E-state index contributed by atoms with van der Waals surface area (Å²) < 4.78 is 35.4. The van der Waals surface area contributed by atoms with Gasteiger partial charge in [-0.2, -0.15) is 8.78 Å². The summed E-state index contributed by atoms with van der Waals surface area (Å²) in [6.07, 6.45) is 0.909. The average molecular weight is 336 g/mol. The minimum atomic E-state index is -2.81. The first-order valence-corrected chi connectivity index (χ1v) is 6.84. The summed E-state index contributed by atoms with van der Waals surface area (Å²) in [5, 5.41) is 3.34. The molecule has 1 heterocycles. The molecule has 1 saturated heterocycles. The van der Waals surface area contributed by atoms with E-state index in [2.05, 4.69) is 32.9 Å². The summed E-state index contributed by atoms with van der Waals surface area (Å²) in [5.74, 6) is 0.202. The van der Waals surface area contributed by atoms with E-state index in [0.717, 1.165) is 17.5 Å². The fourth-order valence-corrected chi connectivity index (χ4v) is 2.42. The Bertz CT molecular complexity index is 437. The van der Waals surface area contributed by atoms with Crippen LogP contribution in [0.4, 0.5) is 8.78 Å². The number of hydrogen-bond acceptors (Lipinski definition) is 3. The summed E-state index contributed by atoms with van der Waals surface area (Å²) >= 11 is 3.33. The molecule has 106 valence electrons. The van der Waals surface area contributed by atoms with E-state index in [9.17, 15) is 8.78 Å². The van der Waals surface area contributed by atoms with E-state index < -0.39 is 6.61 Å². The normalized spacial score (nSPS) is 23.0. The van der Waals surface area contributed by atoms with Crippen LogP contribution in [0, 0.1) is 0 Å². The van der Waals surface area contributed by atoms with Gasteiger partial charge in [0.1, 0.15) is 5.75 Å². The van der Waals surface area contributed by atoms with Crippen molar-refractivity contribution >= 4 is 15.9 Å². The molecule has 0 spiro atoms. The Balaban J connectivity index is 2.07. The SMILES string of the molecule is CC1(NCc2cc(Br)ccc2OC(F)F)CCOC1. The second-order valence-corrected chi connectivity index (χ2v) is 5.76. The van der Waals surface area contributed by atoms with Gasteiger partial charge < -0.3 is 14.8 Å². The van der Waals surface area contributed by atoms with Crippen LogP contribution in [0.1, 0.15) is 18.9 Å². The molecule has 2 rings (SSSR count). The first kappa shape index (κ1) is 14.7. The highest BCUT2D eigenvalue weighted by molar-refractivity contribution is 9.10. The quantitative estimate of drug-likeness (QED) is 0.895. The summed E-state index contributed by atoms with van der Waals surface area (Å²) in [6, 6.07) is 5.01. The van der Waals surface area contributed by atoms with Crippen LogP contribution in [0.3, 0.4) is 0 Å². The first-order valence-electron chi connectivity index (χ1n) is 6.04. The standard InChI is InChI=1S/C13H16BrF2NO2/c1-13(4-5-18-8-13)17-7-9-6-10(14)2-3-11(9)19-12(15)16/h2-3,6,12,17H,4-5,7-8H2,1H3. The van der Waals surface area contributed by atoms with Gasteiger partial charge in [0.25, 0.3) is 0 Å². The van der Waals surface area contributed by atoms with Gasteiger partial charge in [-0.3, -0.25) is 0 Å². The molecule has 1 aliphatic rings. The van der Waals surface area contributed by atoms with Crippen LogP contribution in [0.25, 0.3) is 0 Å². The molecule has 0 saturated carbocycles. The smallest absolute Gasteiger partial charge is 0.387 e. The molecular weight excluding hydrogens is 320 g/mol. The fraction of sp³-hybridized carbons (Fsp3) is 0.538. The second kappa shape index (κ2) is 6.15. The Kier molecular flexibility index (Phi) is 4.76. The van der Waals surface area contributed by atoms with Crippen LogP contribution >= 0.6 is 15.9 Å². The lowest BCUT2D eigenvalue weighted by Gasteiger charge is -2.24. The lowest BCUT2D eigenvalue weighted by atomic mass is 10.0. The Hall–Kier alpha value is -0.720. The zero-order valence-electron chi connectivity index (χ0n) is 10.6. The van der Waals surface area contributed by atoms with Crippen molar-refractivity contribution in [1.29, 1.82) is 0 Å². The van der Waals surface area contributed by atoms with Crippen LogP contribution in [0.15, 0.2) is 22.7 Å². The van der Waals surface area contributed by atoms with Gasteiger partial charge in [0.15, 0.2) is 0 Å². The average Bonchev–Trinajstić information content (AvgIpc) is 2.77. The van der Waals surface area contributed by atoms with E-state index in [1.807, 2.05) is 0 Å². The summed E-state index contributed by atoms with van der Waals surface area (Å²) in [5.41, 5.74) is 0.590. The molecule has 0 aromatic heterocycles. The summed E-state index contributed by atoms with van der Waals surface area (Å²) in [6.45, 7) is 1.06. The molecule has 1 aromatic carbocycles. The van der Waals surface area contributed by atoms with Gasteiger partial charge in [-0.05, 0) is 31.5 Å². The molecule has 0 amide bonds. The van der Waals surface area contributed by atoms with Crippen molar-refractivity contribution in [3.63, 3.8) is 0 Å². The van der Waals surface area contributed by atoms with Crippen LogP contribution in [0.2, 0.25) is 0 Å². The molecule has 19 heavy (non-hydrogen) atoms. The number of nitrogens with one attached hydrogen (secondary N) is 1. The van der Waals surface area contributed by atoms with Crippen LogP contribution in [-0.4, -0.2) is 25.4 Å². The molecule has 0 radical (unpaired) electrons. The number of rotatable bonds is 5. The minimum absolute atomic E-state index is 0.107. The van der Waals surface area contributed by atoms with Gasteiger partial charge >= 0.3 is 6.61 Å². The molecular formula is C13H16BrF2NO2. The van der Waals surface area contributed by atoms with E-state index >= 15 is 0 Å². The monoisotopic (exact) mass is 335 g/mol.